The Morgan fingerprint density at radius 2 is 1.84 bits per heavy atom. The number of methoxy groups -OCH3 is 1. The Bertz CT molecular complexity index is 1530. The zero-order valence-corrected chi connectivity index (χ0v) is 22.6. The molecular weight excluding hydrogens is 553 g/mol. The van der Waals surface area contributed by atoms with Crippen LogP contribution >= 0.6 is 15.9 Å². The number of carbonyl (C=O) groups excluding carboxylic acids is 2. The Balaban J connectivity index is 1.60. The zero-order chi connectivity index (χ0) is 27.0. The minimum atomic E-state index is -0.701. The van der Waals surface area contributed by atoms with E-state index in [0.717, 1.165) is 5.56 Å². The molecule has 1 aliphatic heterocycles. The Morgan fingerprint density at radius 3 is 2.55 bits per heavy atom. The van der Waals surface area contributed by atoms with Crippen LogP contribution < -0.4 is 14.8 Å². The monoisotopic (exact) mass is 577 g/mol. The highest BCUT2D eigenvalue weighted by Gasteiger charge is 2.43. The third-order valence-corrected chi connectivity index (χ3v) is 7.19. The van der Waals surface area contributed by atoms with Crippen LogP contribution in [0.15, 0.2) is 82.0 Å². The molecule has 0 radical (unpaired) electrons. The normalized spacial score (nSPS) is 16.1. The molecule has 1 heterocycles. The standard InChI is InChI=1S/C30H25BrFNO5/c1-4-37-30(35)24-16(2)33-27-20-10-5-6-11-21(20)28(34)26(27)25(24)18-13-22(31)29(23(14-18)36-3)38-15-17-8-7-9-19(32)12-17/h5-14,25,33H,4,15H2,1-3H3/t25-/m0/s1. The van der Waals surface area contributed by atoms with E-state index in [2.05, 4.69) is 21.2 Å². The van der Waals surface area contributed by atoms with E-state index in [1.54, 1.807) is 38.1 Å². The molecular formula is C30H25BrFNO5. The van der Waals surface area contributed by atoms with Crippen LogP contribution in [0.5, 0.6) is 11.5 Å². The topological polar surface area (TPSA) is 73.9 Å². The van der Waals surface area contributed by atoms with Gasteiger partial charge in [0.2, 0.25) is 0 Å². The summed E-state index contributed by atoms with van der Waals surface area (Å²) in [4.78, 5) is 26.9. The van der Waals surface area contributed by atoms with Gasteiger partial charge in [-0.05, 0) is 65.2 Å². The number of ether oxygens (including phenoxy) is 3. The minimum Gasteiger partial charge on any atom is -0.493 e. The summed E-state index contributed by atoms with van der Waals surface area (Å²) in [6.45, 7) is 3.86. The Kier molecular flexibility index (Phi) is 7.08. The van der Waals surface area contributed by atoms with Crippen LogP contribution in [0.4, 0.5) is 4.39 Å². The fourth-order valence-corrected chi connectivity index (χ4v) is 5.54. The number of carbonyl (C=O) groups is 2. The van der Waals surface area contributed by atoms with Gasteiger partial charge in [-0.1, -0.05) is 36.4 Å². The van der Waals surface area contributed by atoms with Crippen molar-refractivity contribution in [2.24, 2.45) is 0 Å². The summed E-state index contributed by atoms with van der Waals surface area (Å²) in [5, 5.41) is 3.29. The lowest BCUT2D eigenvalue weighted by atomic mass is 9.79. The molecule has 5 rings (SSSR count). The number of Topliss-reactive ketones (excluding diaryl/α,β-unsaturated/α-hetero) is 1. The molecule has 3 aromatic rings. The van der Waals surface area contributed by atoms with Gasteiger partial charge in [-0.3, -0.25) is 4.79 Å². The summed E-state index contributed by atoms with van der Waals surface area (Å²) < 4.78 is 31.3. The second kappa shape index (κ2) is 10.5. The molecule has 1 N–H and O–H groups in total. The number of allylic oxidation sites excluding steroid dienone is 2. The maximum Gasteiger partial charge on any atom is 0.336 e. The first kappa shape index (κ1) is 25.7. The largest absolute Gasteiger partial charge is 0.493 e. The molecule has 3 aromatic carbocycles. The minimum absolute atomic E-state index is 0.121. The van der Waals surface area contributed by atoms with Crippen LogP contribution in [0.1, 0.15) is 46.8 Å². The SMILES string of the molecule is CCOC(=O)C1=C(C)NC2=C(C(=O)c3ccccc32)[C@H]1c1cc(Br)c(OCc2cccc(F)c2)c(OC)c1. The first-order valence-electron chi connectivity index (χ1n) is 12.1. The molecule has 1 atom stereocenters. The summed E-state index contributed by atoms with van der Waals surface area (Å²) in [6, 6.07) is 17.1. The van der Waals surface area contributed by atoms with E-state index in [1.807, 2.05) is 24.3 Å². The molecule has 1 aliphatic carbocycles. The molecule has 2 aliphatic rings. The van der Waals surface area contributed by atoms with Gasteiger partial charge in [-0.25, -0.2) is 9.18 Å². The van der Waals surface area contributed by atoms with Crippen LogP contribution in [0.3, 0.4) is 0 Å². The number of hydrogen-bond acceptors (Lipinski definition) is 6. The van der Waals surface area contributed by atoms with Crippen LogP contribution in [0, 0.1) is 5.82 Å². The molecule has 0 amide bonds. The van der Waals surface area contributed by atoms with Crippen molar-refractivity contribution in [1.82, 2.24) is 5.32 Å². The number of nitrogens with one attached hydrogen (secondary N) is 1. The van der Waals surface area contributed by atoms with Gasteiger partial charge in [0.05, 0.1) is 29.5 Å². The van der Waals surface area contributed by atoms with Crippen molar-refractivity contribution < 1.29 is 28.2 Å². The van der Waals surface area contributed by atoms with Gasteiger partial charge in [0.25, 0.3) is 0 Å². The number of hydrogen-bond donors (Lipinski definition) is 1. The number of ketones is 1. The Morgan fingerprint density at radius 1 is 1.08 bits per heavy atom. The maximum atomic E-state index is 13.7. The number of rotatable bonds is 7. The average Bonchev–Trinajstić information content (AvgIpc) is 3.18. The molecule has 38 heavy (non-hydrogen) atoms. The first-order chi connectivity index (χ1) is 18.3. The van der Waals surface area contributed by atoms with E-state index < -0.39 is 11.9 Å². The lowest BCUT2D eigenvalue weighted by Gasteiger charge is -2.30. The van der Waals surface area contributed by atoms with Crippen LogP contribution in [0.2, 0.25) is 0 Å². The van der Waals surface area contributed by atoms with Gasteiger partial charge < -0.3 is 19.5 Å². The highest BCUT2D eigenvalue weighted by Crippen LogP contribution is 2.49. The van der Waals surface area contributed by atoms with Crippen LogP contribution in [-0.4, -0.2) is 25.5 Å². The quantitative estimate of drug-likeness (QED) is 0.332. The molecule has 0 unspecified atom stereocenters. The Labute approximate surface area is 228 Å². The van der Waals surface area contributed by atoms with Crippen molar-refractivity contribution in [3.8, 4) is 11.5 Å². The van der Waals surface area contributed by atoms with Crippen molar-refractivity contribution in [3.05, 3.63) is 110 Å². The van der Waals surface area contributed by atoms with E-state index >= 15 is 0 Å². The van der Waals surface area contributed by atoms with Gasteiger partial charge in [-0.2, -0.15) is 0 Å². The third kappa shape index (κ3) is 4.49. The van der Waals surface area contributed by atoms with E-state index in [0.29, 0.717) is 55.2 Å². The van der Waals surface area contributed by atoms with Gasteiger partial charge in [-0.15, -0.1) is 0 Å². The van der Waals surface area contributed by atoms with E-state index in [4.69, 9.17) is 14.2 Å². The molecule has 6 nitrogen and oxygen atoms in total. The number of benzene rings is 3. The van der Waals surface area contributed by atoms with Gasteiger partial charge in [0.15, 0.2) is 17.3 Å². The van der Waals surface area contributed by atoms with Crippen molar-refractivity contribution in [3.63, 3.8) is 0 Å². The predicted molar refractivity (Wildman–Crippen MR) is 144 cm³/mol. The molecule has 194 valence electrons. The summed E-state index contributed by atoms with van der Waals surface area (Å²) in [5.41, 5.74) is 4.81. The van der Waals surface area contributed by atoms with Crippen LogP contribution in [0.25, 0.3) is 5.70 Å². The molecule has 0 fully saturated rings. The average molecular weight is 578 g/mol. The molecule has 0 saturated carbocycles. The van der Waals surface area contributed by atoms with E-state index in [-0.39, 0.29) is 24.8 Å². The second-order valence-corrected chi connectivity index (χ2v) is 9.79. The number of fused-ring (bicyclic) bond motifs is 2. The molecule has 0 aromatic heterocycles. The zero-order valence-electron chi connectivity index (χ0n) is 21.1. The number of esters is 1. The van der Waals surface area contributed by atoms with Crippen molar-refractivity contribution in [2.45, 2.75) is 26.4 Å². The van der Waals surface area contributed by atoms with Gasteiger partial charge in [0.1, 0.15) is 12.4 Å². The fraction of sp³-hybridized carbons (Fsp3) is 0.200. The fourth-order valence-electron chi connectivity index (χ4n) is 4.97. The lowest BCUT2D eigenvalue weighted by molar-refractivity contribution is -0.138. The van der Waals surface area contributed by atoms with Gasteiger partial charge >= 0.3 is 5.97 Å². The van der Waals surface area contributed by atoms with Crippen molar-refractivity contribution in [2.75, 3.05) is 13.7 Å². The highest BCUT2D eigenvalue weighted by molar-refractivity contribution is 9.10. The van der Waals surface area contributed by atoms with Crippen LogP contribution in [-0.2, 0) is 16.1 Å². The lowest BCUT2D eigenvalue weighted by Crippen LogP contribution is -2.29. The highest BCUT2D eigenvalue weighted by atomic mass is 79.9. The molecule has 8 heteroatoms. The summed E-state index contributed by atoms with van der Waals surface area (Å²) in [7, 11) is 1.51. The predicted octanol–water partition coefficient (Wildman–Crippen LogP) is 6.31. The molecule has 0 saturated heterocycles. The number of dihydropyridines is 1. The summed E-state index contributed by atoms with van der Waals surface area (Å²) in [6.07, 6.45) is 0. The molecule has 0 bridgehead atoms. The first-order valence-corrected chi connectivity index (χ1v) is 12.9. The maximum absolute atomic E-state index is 13.7. The second-order valence-electron chi connectivity index (χ2n) is 8.93. The smallest absolute Gasteiger partial charge is 0.336 e. The molecule has 0 spiro atoms. The third-order valence-electron chi connectivity index (χ3n) is 6.60. The van der Waals surface area contributed by atoms with Crippen molar-refractivity contribution in [1.29, 1.82) is 0 Å². The van der Waals surface area contributed by atoms with E-state index in [1.165, 1.54) is 19.2 Å². The van der Waals surface area contributed by atoms with Crippen molar-refractivity contribution >= 4 is 33.4 Å². The Hall–Kier alpha value is -3.91. The summed E-state index contributed by atoms with van der Waals surface area (Å²) in [5.74, 6) is -0.882. The van der Waals surface area contributed by atoms with Gasteiger partial charge in [0, 0.05) is 28.3 Å². The van der Waals surface area contributed by atoms with E-state index in [9.17, 15) is 14.0 Å². The number of halogens is 2. The summed E-state index contributed by atoms with van der Waals surface area (Å²) >= 11 is 3.58.